The lowest BCUT2D eigenvalue weighted by Crippen LogP contribution is -2.15. The molecule has 0 aliphatic heterocycles. The molecule has 1 aliphatic rings. The van der Waals surface area contributed by atoms with E-state index in [0.717, 1.165) is 19.0 Å². The second kappa shape index (κ2) is 5.30. The van der Waals surface area contributed by atoms with Crippen molar-refractivity contribution in [3.63, 3.8) is 0 Å². The molecule has 102 valence electrons. The van der Waals surface area contributed by atoms with Gasteiger partial charge in [-0.2, -0.15) is 0 Å². The lowest BCUT2D eigenvalue weighted by atomic mass is 9.93. The van der Waals surface area contributed by atoms with Crippen LogP contribution in [0.2, 0.25) is 0 Å². The van der Waals surface area contributed by atoms with Gasteiger partial charge in [-0.05, 0) is 24.2 Å². The van der Waals surface area contributed by atoms with Crippen LogP contribution in [0.5, 0.6) is 0 Å². The molecule has 0 saturated heterocycles. The van der Waals surface area contributed by atoms with Crippen molar-refractivity contribution in [1.82, 2.24) is 10.3 Å². The Kier molecular flexibility index (Phi) is 4.12. The van der Waals surface area contributed by atoms with Crippen LogP contribution in [0.4, 0.5) is 0 Å². The van der Waals surface area contributed by atoms with E-state index in [1.54, 1.807) is 0 Å². The topological polar surface area (TPSA) is 24.9 Å². The van der Waals surface area contributed by atoms with E-state index in [4.69, 9.17) is 4.98 Å². The van der Waals surface area contributed by atoms with Gasteiger partial charge in [-0.3, -0.25) is 0 Å². The standard InChI is InChI=1S/C15H26N2S/c1-10(2)14-12(9-16-11-6-7-11)18-13(17-14)8-15(3,4)5/h10-11,16H,6-9H2,1-5H3. The first-order valence-electron chi connectivity index (χ1n) is 7.07. The third-order valence-corrected chi connectivity index (χ3v) is 4.20. The largest absolute Gasteiger partial charge is 0.309 e. The van der Waals surface area contributed by atoms with E-state index in [0.29, 0.717) is 11.3 Å². The maximum absolute atomic E-state index is 4.87. The minimum atomic E-state index is 0.327. The third kappa shape index (κ3) is 4.06. The molecule has 1 N–H and O–H groups in total. The van der Waals surface area contributed by atoms with Crippen molar-refractivity contribution in [2.75, 3.05) is 0 Å². The van der Waals surface area contributed by atoms with Crippen LogP contribution in [-0.4, -0.2) is 11.0 Å². The molecule has 1 saturated carbocycles. The number of nitrogens with zero attached hydrogens (tertiary/aromatic N) is 1. The predicted octanol–water partition coefficient (Wildman–Crippen LogP) is 4.11. The Morgan fingerprint density at radius 1 is 1.33 bits per heavy atom. The van der Waals surface area contributed by atoms with Gasteiger partial charge in [0.1, 0.15) is 0 Å². The highest BCUT2D eigenvalue weighted by Crippen LogP contribution is 2.30. The van der Waals surface area contributed by atoms with Gasteiger partial charge in [-0.1, -0.05) is 34.6 Å². The van der Waals surface area contributed by atoms with Gasteiger partial charge in [-0.15, -0.1) is 11.3 Å². The first-order chi connectivity index (χ1) is 8.35. The highest BCUT2D eigenvalue weighted by Gasteiger charge is 2.23. The van der Waals surface area contributed by atoms with Crippen molar-refractivity contribution in [3.8, 4) is 0 Å². The maximum atomic E-state index is 4.87. The van der Waals surface area contributed by atoms with Gasteiger partial charge in [0.15, 0.2) is 0 Å². The van der Waals surface area contributed by atoms with Crippen molar-refractivity contribution in [1.29, 1.82) is 0 Å². The van der Waals surface area contributed by atoms with Crippen LogP contribution in [0.15, 0.2) is 0 Å². The summed E-state index contributed by atoms with van der Waals surface area (Å²) in [6.45, 7) is 12.4. The fourth-order valence-corrected chi connectivity index (χ4v) is 3.52. The van der Waals surface area contributed by atoms with Crippen LogP contribution in [0.3, 0.4) is 0 Å². The van der Waals surface area contributed by atoms with Gasteiger partial charge in [-0.25, -0.2) is 4.98 Å². The maximum Gasteiger partial charge on any atom is 0.0936 e. The molecule has 0 unspecified atom stereocenters. The average Bonchev–Trinajstić information content (AvgIpc) is 2.95. The molecule has 1 aromatic rings. The Morgan fingerprint density at radius 3 is 2.50 bits per heavy atom. The van der Waals surface area contributed by atoms with Crippen LogP contribution in [0, 0.1) is 5.41 Å². The molecule has 0 bridgehead atoms. The molecule has 3 heteroatoms. The molecule has 0 spiro atoms. The number of hydrogen-bond acceptors (Lipinski definition) is 3. The molecule has 2 nitrogen and oxygen atoms in total. The van der Waals surface area contributed by atoms with E-state index in [2.05, 4.69) is 39.9 Å². The van der Waals surface area contributed by atoms with Crippen LogP contribution in [0.1, 0.15) is 69.0 Å². The highest BCUT2D eigenvalue weighted by atomic mass is 32.1. The Morgan fingerprint density at radius 2 is 2.00 bits per heavy atom. The summed E-state index contributed by atoms with van der Waals surface area (Å²) in [4.78, 5) is 6.33. The lowest BCUT2D eigenvalue weighted by Gasteiger charge is -2.15. The minimum absolute atomic E-state index is 0.327. The normalized spacial score (nSPS) is 16.6. The van der Waals surface area contributed by atoms with E-state index < -0.39 is 0 Å². The summed E-state index contributed by atoms with van der Waals surface area (Å²) in [5.74, 6) is 0.533. The van der Waals surface area contributed by atoms with E-state index in [1.165, 1.54) is 28.4 Å². The Labute approximate surface area is 115 Å². The molecule has 0 amide bonds. The zero-order valence-electron chi connectivity index (χ0n) is 12.3. The number of aromatic nitrogens is 1. The van der Waals surface area contributed by atoms with Gasteiger partial charge in [0.2, 0.25) is 0 Å². The number of rotatable bonds is 5. The summed E-state index contributed by atoms with van der Waals surface area (Å²) < 4.78 is 0. The van der Waals surface area contributed by atoms with Crippen molar-refractivity contribution < 1.29 is 0 Å². The predicted molar refractivity (Wildman–Crippen MR) is 79.2 cm³/mol. The van der Waals surface area contributed by atoms with Crippen molar-refractivity contribution in [2.45, 2.75) is 72.4 Å². The molecule has 0 aromatic carbocycles. The summed E-state index contributed by atoms with van der Waals surface area (Å²) in [5, 5.41) is 4.92. The Bertz CT molecular complexity index is 397. The van der Waals surface area contributed by atoms with Gasteiger partial charge in [0, 0.05) is 23.9 Å². The molecule has 2 rings (SSSR count). The van der Waals surface area contributed by atoms with E-state index >= 15 is 0 Å². The van der Waals surface area contributed by atoms with Crippen molar-refractivity contribution >= 4 is 11.3 Å². The number of thiazole rings is 1. The fourth-order valence-electron chi connectivity index (χ4n) is 2.05. The molecule has 1 aliphatic carbocycles. The molecule has 18 heavy (non-hydrogen) atoms. The Balaban J connectivity index is 2.09. The first kappa shape index (κ1) is 14.0. The quantitative estimate of drug-likeness (QED) is 0.867. The summed E-state index contributed by atoms with van der Waals surface area (Å²) in [7, 11) is 0. The van der Waals surface area contributed by atoms with Crippen LogP contribution in [-0.2, 0) is 13.0 Å². The third-order valence-electron chi connectivity index (χ3n) is 3.13. The molecule has 1 heterocycles. The molecular weight excluding hydrogens is 240 g/mol. The summed E-state index contributed by atoms with van der Waals surface area (Å²) >= 11 is 1.91. The first-order valence-corrected chi connectivity index (χ1v) is 7.88. The van der Waals surface area contributed by atoms with E-state index in [9.17, 15) is 0 Å². The molecule has 0 radical (unpaired) electrons. The molecule has 0 atom stereocenters. The van der Waals surface area contributed by atoms with Gasteiger partial charge < -0.3 is 5.32 Å². The van der Waals surface area contributed by atoms with Crippen molar-refractivity contribution in [3.05, 3.63) is 15.6 Å². The van der Waals surface area contributed by atoms with Crippen LogP contribution < -0.4 is 5.32 Å². The van der Waals surface area contributed by atoms with E-state index in [-0.39, 0.29) is 0 Å². The minimum Gasteiger partial charge on any atom is -0.309 e. The number of nitrogens with one attached hydrogen (secondary N) is 1. The fraction of sp³-hybridized carbons (Fsp3) is 0.800. The zero-order chi connectivity index (χ0) is 13.3. The second-order valence-corrected chi connectivity index (χ2v) is 8.13. The van der Waals surface area contributed by atoms with Crippen LogP contribution >= 0.6 is 11.3 Å². The number of hydrogen-bond donors (Lipinski definition) is 1. The van der Waals surface area contributed by atoms with Crippen molar-refractivity contribution in [2.24, 2.45) is 5.41 Å². The highest BCUT2D eigenvalue weighted by molar-refractivity contribution is 7.11. The average molecular weight is 266 g/mol. The second-order valence-electron chi connectivity index (χ2n) is 6.96. The molecular formula is C15H26N2S. The van der Waals surface area contributed by atoms with E-state index in [1.807, 2.05) is 11.3 Å². The Hall–Kier alpha value is -0.410. The SMILES string of the molecule is CC(C)c1nc(CC(C)(C)C)sc1CNC1CC1. The van der Waals surface area contributed by atoms with Gasteiger partial charge in [0.05, 0.1) is 10.7 Å². The summed E-state index contributed by atoms with van der Waals surface area (Å²) in [6, 6.07) is 0.776. The summed E-state index contributed by atoms with van der Waals surface area (Å²) in [5.41, 5.74) is 1.64. The molecule has 1 aromatic heterocycles. The van der Waals surface area contributed by atoms with Gasteiger partial charge in [0.25, 0.3) is 0 Å². The van der Waals surface area contributed by atoms with Gasteiger partial charge >= 0.3 is 0 Å². The van der Waals surface area contributed by atoms with Crippen LogP contribution in [0.25, 0.3) is 0 Å². The molecule has 1 fully saturated rings. The zero-order valence-corrected chi connectivity index (χ0v) is 13.2. The smallest absolute Gasteiger partial charge is 0.0936 e. The monoisotopic (exact) mass is 266 g/mol. The lowest BCUT2D eigenvalue weighted by molar-refractivity contribution is 0.410. The summed E-state index contributed by atoms with van der Waals surface area (Å²) in [6.07, 6.45) is 3.79.